The number of allylic oxidation sites excluding steroid dienone is 4. The zero-order valence-electron chi connectivity index (χ0n) is 25.8. The molecule has 8 nitrogen and oxygen atoms in total. The van der Waals surface area contributed by atoms with Crippen molar-refractivity contribution in [3.8, 4) is 11.3 Å². The average molecular weight is 582 g/mol. The number of carbonyl (C=O) groups is 2. The van der Waals surface area contributed by atoms with Gasteiger partial charge in [0, 0.05) is 63.7 Å². The Morgan fingerprint density at radius 1 is 1.26 bits per heavy atom. The molecule has 1 aromatic heterocycles. The van der Waals surface area contributed by atoms with Crippen LogP contribution < -0.4 is 5.32 Å². The minimum Gasteiger partial charge on any atom is -0.392 e. The van der Waals surface area contributed by atoms with E-state index < -0.39 is 6.10 Å². The summed E-state index contributed by atoms with van der Waals surface area (Å²) in [5.41, 5.74) is 10.0. The number of likely N-dealkylation sites (N-methyl/N-ethyl adjacent to an activating group) is 1. The number of aryl methyl sites for hydroxylation is 1. The molecule has 1 aromatic carbocycles. The summed E-state index contributed by atoms with van der Waals surface area (Å²) in [6.07, 6.45) is 14.4. The number of carbonyl (C=O) groups excluding carboxylic acids is 2. The maximum Gasteiger partial charge on any atom is 0.252 e. The SMILES string of the molecule is Cc1cc(-c2cnc3c(n2)C(C2C=CC(C(=O)N(C)C)=CC2)=CC2CC2C3)cc2c1CCN(CCC(=O)NC[C@H](C)O)C2. The van der Waals surface area contributed by atoms with E-state index >= 15 is 0 Å². The molecule has 4 atom stereocenters. The van der Waals surface area contributed by atoms with Crippen molar-refractivity contribution >= 4 is 17.4 Å². The van der Waals surface area contributed by atoms with Gasteiger partial charge in [0.25, 0.3) is 5.91 Å². The van der Waals surface area contributed by atoms with E-state index in [0.29, 0.717) is 24.8 Å². The van der Waals surface area contributed by atoms with Crippen molar-refractivity contribution in [2.24, 2.45) is 17.8 Å². The lowest BCUT2D eigenvalue weighted by atomic mass is 9.86. The third-order valence-corrected chi connectivity index (χ3v) is 9.28. The van der Waals surface area contributed by atoms with Crippen LogP contribution in [-0.4, -0.2) is 76.5 Å². The lowest BCUT2D eigenvalue weighted by Gasteiger charge is -2.30. The normalized spacial score (nSPS) is 23.1. The predicted octanol–water partition coefficient (Wildman–Crippen LogP) is 3.86. The summed E-state index contributed by atoms with van der Waals surface area (Å²) in [6.45, 7) is 6.56. The number of aliphatic hydroxyl groups is 1. The quantitative estimate of drug-likeness (QED) is 0.491. The Balaban J connectivity index is 1.23. The molecule has 0 saturated heterocycles. The van der Waals surface area contributed by atoms with Gasteiger partial charge in [-0.2, -0.15) is 0 Å². The molecule has 2 heterocycles. The molecule has 4 aliphatic rings. The molecule has 8 heteroatoms. The molecule has 1 saturated carbocycles. The number of rotatable bonds is 8. The van der Waals surface area contributed by atoms with E-state index in [1.165, 1.54) is 28.7 Å². The van der Waals surface area contributed by atoms with Crippen LogP contribution in [0.25, 0.3) is 16.8 Å². The van der Waals surface area contributed by atoms with Crippen LogP contribution in [0.5, 0.6) is 0 Å². The highest BCUT2D eigenvalue weighted by Crippen LogP contribution is 2.49. The van der Waals surface area contributed by atoms with Crippen LogP contribution >= 0.6 is 0 Å². The Morgan fingerprint density at radius 2 is 2.09 bits per heavy atom. The molecule has 3 unspecified atom stereocenters. The second-order valence-corrected chi connectivity index (χ2v) is 13.0. The number of nitrogens with zero attached hydrogens (tertiary/aromatic N) is 4. The zero-order chi connectivity index (χ0) is 30.2. The molecule has 2 amide bonds. The van der Waals surface area contributed by atoms with E-state index in [2.05, 4.69) is 47.5 Å². The molecule has 43 heavy (non-hydrogen) atoms. The van der Waals surface area contributed by atoms with E-state index in [9.17, 15) is 14.7 Å². The van der Waals surface area contributed by atoms with Crippen LogP contribution in [0, 0.1) is 24.7 Å². The first-order chi connectivity index (χ1) is 20.7. The van der Waals surface area contributed by atoms with E-state index in [0.717, 1.165) is 60.6 Å². The number of fused-ring (bicyclic) bond motifs is 3. The van der Waals surface area contributed by atoms with Crippen LogP contribution in [0.4, 0.5) is 0 Å². The lowest BCUT2D eigenvalue weighted by Crippen LogP contribution is -2.36. The van der Waals surface area contributed by atoms with Gasteiger partial charge in [0.2, 0.25) is 5.91 Å². The summed E-state index contributed by atoms with van der Waals surface area (Å²) < 4.78 is 0. The van der Waals surface area contributed by atoms with E-state index in [4.69, 9.17) is 9.97 Å². The number of nitrogens with one attached hydrogen (secondary N) is 1. The molecule has 1 aliphatic heterocycles. The molecule has 0 radical (unpaired) electrons. The smallest absolute Gasteiger partial charge is 0.252 e. The largest absolute Gasteiger partial charge is 0.392 e. The Morgan fingerprint density at radius 3 is 2.84 bits per heavy atom. The fraction of sp³-hybridized carbons (Fsp3) is 0.486. The standard InChI is InChI=1S/C35H43N5O3/c1-21-13-27(15-28-20-40(11-9-29(21)28)12-10-33(42)37-18-22(2)41)32-19-36-31-17-26-14-25(26)16-30(34(31)38-32)23-5-7-24(8-6-23)35(43)39(3)4/h5,7-8,13,15-16,19,22-23,25-26,41H,6,9-12,14,17-18,20H2,1-4H3,(H,37,42)/t22-,23?,25?,26?/m0/s1. The van der Waals surface area contributed by atoms with Crippen LogP contribution in [0.1, 0.15) is 54.3 Å². The highest BCUT2D eigenvalue weighted by atomic mass is 16.3. The third-order valence-electron chi connectivity index (χ3n) is 9.28. The van der Waals surface area contributed by atoms with Crippen LogP contribution in [0.15, 0.2) is 48.2 Å². The van der Waals surface area contributed by atoms with Gasteiger partial charge in [-0.15, -0.1) is 0 Å². The molecule has 2 aromatic rings. The van der Waals surface area contributed by atoms with Crippen molar-refractivity contribution in [3.05, 3.63) is 76.3 Å². The highest BCUT2D eigenvalue weighted by Gasteiger charge is 2.40. The zero-order valence-corrected chi connectivity index (χ0v) is 25.8. The molecule has 2 N–H and O–H groups in total. The Labute approximate surface area is 254 Å². The fourth-order valence-corrected chi connectivity index (χ4v) is 6.70. The minimum absolute atomic E-state index is 0.0257. The first-order valence-electron chi connectivity index (χ1n) is 15.6. The number of aromatic nitrogens is 2. The van der Waals surface area contributed by atoms with Crippen LogP contribution in [0.2, 0.25) is 0 Å². The van der Waals surface area contributed by atoms with Crippen LogP contribution in [-0.2, 0) is 29.0 Å². The lowest BCUT2D eigenvalue weighted by molar-refractivity contribution is -0.124. The minimum atomic E-state index is -0.539. The van der Waals surface area contributed by atoms with Gasteiger partial charge >= 0.3 is 0 Å². The van der Waals surface area contributed by atoms with Crippen molar-refractivity contribution in [2.75, 3.05) is 33.7 Å². The van der Waals surface area contributed by atoms with E-state index in [1.807, 2.05) is 12.3 Å². The first kappa shape index (κ1) is 29.5. The first-order valence-corrected chi connectivity index (χ1v) is 15.6. The summed E-state index contributed by atoms with van der Waals surface area (Å²) >= 11 is 0. The Hall–Kier alpha value is -3.62. The topological polar surface area (TPSA) is 98.7 Å². The molecule has 0 spiro atoms. The Kier molecular flexibility index (Phi) is 8.34. The van der Waals surface area contributed by atoms with Gasteiger partial charge in [0.1, 0.15) is 0 Å². The third kappa shape index (κ3) is 6.50. The maximum atomic E-state index is 12.5. The second kappa shape index (κ2) is 12.2. The van der Waals surface area contributed by atoms with Crippen molar-refractivity contribution in [1.29, 1.82) is 0 Å². The number of amides is 2. The molecule has 3 aliphatic carbocycles. The van der Waals surface area contributed by atoms with Gasteiger partial charge in [-0.05, 0) is 85.8 Å². The van der Waals surface area contributed by atoms with Crippen LogP contribution in [0.3, 0.4) is 0 Å². The fourth-order valence-electron chi connectivity index (χ4n) is 6.70. The highest BCUT2D eigenvalue weighted by molar-refractivity contribution is 5.96. The van der Waals surface area contributed by atoms with Crippen molar-refractivity contribution in [1.82, 2.24) is 25.1 Å². The van der Waals surface area contributed by atoms with Gasteiger partial charge in [-0.1, -0.05) is 24.3 Å². The number of aliphatic hydroxyl groups excluding tert-OH is 1. The van der Waals surface area contributed by atoms with Crippen molar-refractivity contribution < 1.29 is 14.7 Å². The summed E-state index contributed by atoms with van der Waals surface area (Å²) in [5, 5.41) is 12.2. The summed E-state index contributed by atoms with van der Waals surface area (Å²) in [5.74, 6) is 1.43. The molecule has 6 rings (SSSR count). The van der Waals surface area contributed by atoms with E-state index in [-0.39, 0.29) is 24.3 Å². The van der Waals surface area contributed by atoms with Gasteiger partial charge in [-0.25, -0.2) is 4.98 Å². The molecule has 0 bridgehead atoms. The van der Waals surface area contributed by atoms with E-state index in [1.54, 1.807) is 25.9 Å². The van der Waals surface area contributed by atoms with Crippen molar-refractivity contribution in [3.63, 3.8) is 0 Å². The molecule has 1 fully saturated rings. The number of benzene rings is 1. The number of hydrogen-bond acceptors (Lipinski definition) is 6. The van der Waals surface area contributed by atoms with Gasteiger partial charge in [0.15, 0.2) is 0 Å². The van der Waals surface area contributed by atoms with Gasteiger partial charge in [-0.3, -0.25) is 19.5 Å². The summed E-state index contributed by atoms with van der Waals surface area (Å²) in [7, 11) is 3.58. The second-order valence-electron chi connectivity index (χ2n) is 13.0. The van der Waals surface area contributed by atoms with Gasteiger partial charge in [0.05, 0.1) is 29.4 Å². The summed E-state index contributed by atoms with van der Waals surface area (Å²) in [6, 6.07) is 4.51. The van der Waals surface area contributed by atoms with Crippen molar-refractivity contribution in [2.45, 2.75) is 58.6 Å². The maximum absolute atomic E-state index is 12.5. The van der Waals surface area contributed by atoms with Gasteiger partial charge < -0.3 is 15.3 Å². The number of hydrogen-bond donors (Lipinski definition) is 2. The predicted molar refractivity (Wildman–Crippen MR) is 168 cm³/mol. The average Bonchev–Trinajstić information content (AvgIpc) is 3.76. The summed E-state index contributed by atoms with van der Waals surface area (Å²) in [4.78, 5) is 39.0. The molecule has 226 valence electrons. The monoisotopic (exact) mass is 581 g/mol. The Bertz CT molecular complexity index is 1520. The molecular weight excluding hydrogens is 538 g/mol. The molecular formula is C35H43N5O3.